The maximum Gasteiger partial charge on any atom is 0.253 e. The van der Waals surface area contributed by atoms with E-state index in [0.29, 0.717) is 31.1 Å². The van der Waals surface area contributed by atoms with Gasteiger partial charge >= 0.3 is 0 Å². The number of carbonyl (C=O) groups excluding carboxylic acids is 1. The van der Waals surface area contributed by atoms with E-state index in [2.05, 4.69) is 11.1 Å². The van der Waals surface area contributed by atoms with Crippen LogP contribution in [0.3, 0.4) is 0 Å². The normalized spacial score (nSPS) is 10.6. The first kappa shape index (κ1) is 20.9. The second-order valence-electron chi connectivity index (χ2n) is 7.07. The predicted octanol–water partition coefficient (Wildman–Crippen LogP) is 4.80. The zero-order valence-corrected chi connectivity index (χ0v) is 18.1. The quantitative estimate of drug-likeness (QED) is 0.535. The van der Waals surface area contributed by atoms with E-state index in [9.17, 15) is 4.79 Å². The second-order valence-corrected chi connectivity index (χ2v) is 8.14. The molecule has 5 nitrogen and oxygen atoms in total. The van der Waals surface area contributed by atoms with Crippen LogP contribution in [0.25, 0.3) is 0 Å². The van der Waals surface area contributed by atoms with Crippen LogP contribution in [0.15, 0.2) is 47.8 Å². The number of hydrogen-bond acceptors (Lipinski definition) is 5. The van der Waals surface area contributed by atoms with Crippen LogP contribution in [0.4, 0.5) is 0 Å². The van der Waals surface area contributed by atoms with Crippen molar-refractivity contribution in [1.82, 2.24) is 9.88 Å². The SMILES string of the molecule is Cc1cc(C)cc(OCCN(C)C(=O)c2cccc(OCc3csc(C)n3)c2)c1. The molecule has 0 saturated carbocycles. The van der Waals surface area contributed by atoms with E-state index >= 15 is 0 Å². The van der Waals surface area contributed by atoms with E-state index in [1.54, 1.807) is 35.4 Å². The zero-order chi connectivity index (χ0) is 20.8. The summed E-state index contributed by atoms with van der Waals surface area (Å²) in [4.78, 5) is 18.8. The average molecular weight is 411 g/mol. The van der Waals surface area contributed by atoms with Gasteiger partial charge in [0.05, 0.1) is 17.2 Å². The lowest BCUT2D eigenvalue weighted by Crippen LogP contribution is -2.30. The highest BCUT2D eigenvalue weighted by molar-refractivity contribution is 7.09. The first-order valence-corrected chi connectivity index (χ1v) is 10.4. The molecule has 2 aromatic carbocycles. The van der Waals surface area contributed by atoms with Gasteiger partial charge in [-0.15, -0.1) is 11.3 Å². The number of amides is 1. The Bertz CT molecular complexity index is 964. The fraction of sp³-hybridized carbons (Fsp3) is 0.304. The van der Waals surface area contributed by atoms with Crippen molar-refractivity contribution < 1.29 is 14.3 Å². The molecule has 0 saturated heterocycles. The van der Waals surface area contributed by atoms with Crippen molar-refractivity contribution in [2.24, 2.45) is 0 Å². The molecule has 29 heavy (non-hydrogen) atoms. The van der Waals surface area contributed by atoms with E-state index in [-0.39, 0.29) is 5.91 Å². The van der Waals surface area contributed by atoms with Crippen molar-refractivity contribution in [3.05, 3.63) is 75.2 Å². The Labute approximate surface area is 175 Å². The van der Waals surface area contributed by atoms with Gasteiger partial charge in [-0.05, 0) is 62.2 Å². The van der Waals surface area contributed by atoms with Crippen molar-refractivity contribution in [2.75, 3.05) is 20.2 Å². The van der Waals surface area contributed by atoms with Crippen LogP contribution < -0.4 is 9.47 Å². The second kappa shape index (κ2) is 9.56. The summed E-state index contributed by atoms with van der Waals surface area (Å²) in [6, 6.07) is 13.3. The maximum absolute atomic E-state index is 12.7. The Kier molecular flexibility index (Phi) is 6.88. The lowest BCUT2D eigenvalue weighted by Gasteiger charge is -2.18. The van der Waals surface area contributed by atoms with Gasteiger partial charge in [0, 0.05) is 18.0 Å². The van der Waals surface area contributed by atoms with Crippen LogP contribution in [0.5, 0.6) is 11.5 Å². The number of thiazole rings is 1. The fourth-order valence-corrected chi connectivity index (χ4v) is 3.59. The molecule has 0 N–H and O–H groups in total. The summed E-state index contributed by atoms with van der Waals surface area (Å²) in [5, 5.41) is 2.99. The van der Waals surface area contributed by atoms with Gasteiger partial charge in [0.2, 0.25) is 0 Å². The van der Waals surface area contributed by atoms with Gasteiger partial charge in [-0.1, -0.05) is 12.1 Å². The van der Waals surface area contributed by atoms with E-state index < -0.39 is 0 Å². The molecule has 1 aromatic heterocycles. The Hall–Kier alpha value is -2.86. The van der Waals surface area contributed by atoms with E-state index in [1.165, 1.54) is 0 Å². The monoisotopic (exact) mass is 410 g/mol. The van der Waals surface area contributed by atoms with Crippen molar-refractivity contribution in [3.63, 3.8) is 0 Å². The molecule has 0 spiro atoms. The number of ether oxygens (including phenoxy) is 2. The Balaban J connectivity index is 1.53. The van der Waals surface area contributed by atoms with Crippen LogP contribution >= 0.6 is 11.3 Å². The highest BCUT2D eigenvalue weighted by atomic mass is 32.1. The minimum atomic E-state index is -0.0658. The number of carbonyl (C=O) groups is 1. The van der Waals surface area contributed by atoms with Crippen molar-refractivity contribution in [1.29, 1.82) is 0 Å². The van der Waals surface area contributed by atoms with E-state index in [1.807, 2.05) is 50.4 Å². The summed E-state index contributed by atoms with van der Waals surface area (Å²) >= 11 is 1.60. The molecule has 0 radical (unpaired) electrons. The molecule has 0 atom stereocenters. The Morgan fingerprint density at radius 1 is 1.03 bits per heavy atom. The van der Waals surface area contributed by atoms with E-state index in [0.717, 1.165) is 27.6 Å². The number of likely N-dealkylation sites (N-methyl/N-ethyl adjacent to an activating group) is 1. The van der Waals surface area contributed by atoms with Crippen LogP contribution in [-0.2, 0) is 6.61 Å². The summed E-state index contributed by atoms with van der Waals surface area (Å²) in [6.45, 7) is 7.37. The first-order chi connectivity index (χ1) is 13.9. The summed E-state index contributed by atoms with van der Waals surface area (Å²) in [5.74, 6) is 1.42. The number of rotatable bonds is 8. The van der Waals surface area contributed by atoms with Gasteiger partial charge in [-0.3, -0.25) is 4.79 Å². The van der Waals surface area contributed by atoms with Crippen LogP contribution in [0.2, 0.25) is 0 Å². The topological polar surface area (TPSA) is 51.7 Å². The molecule has 0 aliphatic rings. The molecule has 3 aromatic rings. The fourth-order valence-electron chi connectivity index (χ4n) is 2.99. The van der Waals surface area contributed by atoms with Crippen LogP contribution in [-0.4, -0.2) is 36.0 Å². The number of benzene rings is 2. The summed E-state index contributed by atoms with van der Waals surface area (Å²) in [6.07, 6.45) is 0. The molecule has 0 aliphatic carbocycles. The average Bonchev–Trinajstić information content (AvgIpc) is 3.10. The summed E-state index contributed by atoms with van der Waals surface area (Å²) in [7, 11) is 1.78. The third-order valence-corrected chi connectivity index (χ3v) is 5.19. The minimum Gasteiger partial charge on any atom is -0.492 e. The van der Waals surface area contributed by atoms with Crippen LogP contribution in [0, 0.1) is 20.8 Å². The third kappa shape index (κ3) is 6.06. The Morgan fingerprint density at radius 3 is 2.48 bits per heavy atom. The molecular weight excluding hydrogens is 384 g/mol. The molecule has 0 aliphatic heterocycles. The van der Waals surface area contributed by atoms with Gasteiger partial charge in [-0.2, -0.15) is 0 Å². The highest BCUT2D eigenvalue weighted by Crippen LogP contribution is 2.18. The number of aryl methyl sites for hydroxylation is 3. The molecule has 0 bridgehead atoms. The van der Waals surface area contributed by atoms with Crippen molar-refractivity contribution >= 4 is 17.2 Å². The molecule has 0 fully saturated rings. The summed E-state index contributed by atoms with van der Waals surface area (Å²) < 4.78 is 11.6. The minimum absolute atomic E-state index is 0.0658. The molecule has 1 heterocycles. The van der Waals surface area contributed by atoms with Gasteiger partial charge in [0.1, 0.15) is 24.7 Å². The molecular formula is C23H26N2O3S. The third-order valence-electron chi connectivity index (χ3n) is 4.37. The van der Waals surface area contributed by atoms with Gasteiger partial charge in [0.25, 0.3) is 5.91 Å². The van der Waals surface area contributed by atoms with E-state index in [4.69, 9.17) is 9.47 Å². The summed E-state index contributed by atoms with van der Waals surface area (Å²) in [5.41, 5.74) is 3.80. The van der Waals surface area contributed by atoms with Crippen molar-refractivity contribution in [2.45, 2.75) is 27.4 Å². The smallest absolute Gasteiger partial charge is 0.253 e. The first-order valence-electron chi connectivity index (χ1n) is 9.51. The maximum atomic E-state index is 12.7. The molecule has 3 rings (SSSR count). The molecule has 152 valence electrons. The standard InChI is InChI=1S/C23H26N2O3S/c1-16-10-17(2)12-22(11-16)27-9-8-25(4)23(26)19-6-5-7-21(13-19)28-14-20-15-29-18(3)24-20/h5-7,10-13,15H,8-9,14H2,1-4H3. The molecule has 1 amide bonds. The largest absolute Gasteiger partial charge is 0.492 e. The van der Waals surface area contributed by atoms with Gasteiger partial charge in [-0.25, -0.2) is 4.98 Å². The molecule has 6 heteroatoms. The Morgan fingerprint density at radius 2 is 1.79 bits per heavy atom. The van der Waals surface area contributed by atoms with Gasteiger partial charge in [0.15, 0.2) is 0 Å². The number of nitrogens with zero attached hydrogens (tertiary/aromatic N) is 2. The highest BCUT2D eigenvalue weighted by Gasteiger charge is 2.13. The van der Waals surface area contributed by atoms with Gasteiger partial charge < -0.3 is 14.4 Å². The number of hydrogen-bond donors (Lipinski definition) is 0. The number of aromatic nitrogens is 1. The lowest BCUT2D eigenvalue weighted by atomic mass is 10.1. The van der Waals surface area contributed by atoms with Crippen molar-refractivity contribution in [3.8, 4) is 11.5 Å². The van der Waals surface area contributed by atoms with Crippen LogP contribution in [0.1, 0.15) is 32.2 Å². The zero-order valence-electron chi connectivity index (χ0n) is 17.3. The molecule has 0 unspecified atom stereocenters. The lowest BCUT2D eigenvalue weighted by molar-refractivity contribution is 0.0773. The predicted molar refractivity (Wildman–Crippen MR) is 116 cm³/mol.